The summed E-state index contributed by atoms with van der Waals surface area (Å²) in [6, 6.07) is 0. The minimum absolute atomic E-state index is 0.0451. The van der Waals surface area contributed by atoms with E-state index >= 15 is 0 Å². The molecule has 0 saturated heterocycles. The fourth-order valence-electron chi connectivity index (χ4n) is 5.42. The number of rotatable bonds is 1. The molecule has 0 amide bonds. The minimum atomic E-state index is -0.787. The predicted molar refractivity (Wildman–Crippen MR) is 118 cm³/mol. The highest BCUT2D eigenvalue weighted by Crippen LogP contribution is 2.53. The first-order chi connectivity index (χ1) is 14.1. The van der Waals surface area contributed by atoms with E-state index in [1.54, 1.807) is 13.0 Å². The molecule has 8 atom stereocenters. The van der Waals surface area contributed by atoms with Crippen LogP contribution in [0, 0.1) is 29.1 Å². The summed E-state index contributed by atoms with van der Waals surface area (Å²) in [5, 5.41) is 20.7. The molecule has 2 bridgehead atoms. The molecule has 3 rings (SSSR count). The Bertz CT molecular complexity index is 706. The van der Waals surface area contributed by atoms with Crippen LogP contribution in [0.2, 0.25) is 0 Å². The summed E-state index contributed by atoms with van der Waals surface area (Å²) in [6.07, 6.45) is 7.70. The summed E-state index contributed by atoms with van der Waals surface area (Å²) < 4.78 is 5.54. The Morgan fingerprint density at radius 1 is 1.30 bits per heavy atom. The molecule has 5 nitrogen and oxygen atoms in total. The lowest BCUT2D eigenvalue weighted by Gasteiger charge is -2.45. The first-order valence-corrected chi connectivity index (χ1v) is 11.1. The molecule has 0 radical (unpaired) electrons. The second-order valence-corrected chi connectivity index (χ2v) is 9.25. The number of aliphatic hydroxyl groups excluding tert-OH is 2. The van der Waals surface area contributed by atoms with Crippen molar-refractivity contribution in [1.82, 2.24) is 0 Å². The number of ether oxygens (including phenoxy) is 1. The highest BCUT2D eigenvalue weighted by molar-refractivity contribution is 5.91. The molecule has 1 fully saturated rings. The van der Waals surface area contributed by atoms with Gasteiger partial charge in [0, 0.05) is 24.2 Å². The van der Waals surface area contributed by atoms with Crippen molar-refractivity contribution >= 4 is 11.8 Å². The van der Waals surface area contributed by atoms with E-state index in [9.17, 15) is 19.8 Å². The van der Waals surface area contributed by atoms with E-state index < -0.39 is 23.7 Å². The van der Waals surface area contributed by atoms with Crippen LogP contribution in [-0.4, -0.2) is 40.3 Å². The van der Waals surface area contributed by atoms with Crippen LogP contribution in [0.3, 0.4) is 0 Å². The van der Waals surface area contributed by atoms with Crippen LogP contribution in [0.1, 0.15) is 60.3 Å². The number of esters is 1. The number of hydrogen-bond donors (Lipinski definition) is 2. The molecule has 0 aromatic rings. The number of carbonyl (C=O) groups excluding carboxylic acids is 2. The van der Waals surface area contributed by atoms with E-state index in [1.807, 2.05) is 45.9 Å². The van der Waals surface area contributed by atoms with Gasteiger partial charge in [-0.05, 0) is 46.0 Å². The number of ketones is 1. The Morgan fingerprint density at radius 3 is 2.53 bits per heavy atom. The third kappa shape index (κ3) is 4.78. The number of cyclic esters (lactones) is 1. The number of hydrogen-bond acceptors (Lipinski definition) is 5. The smallest absolute Gasteiger partial charge is 0.306 e. The lowest BCUT2D eigenvalue weighted by molar-refractivity contribution is -0.158. The summed E-state index contributed by atoms with van der Waals surface area (Å²) in [5.74, 6) is -0.719. The molecule has 1 spiro atoms. The molecule has 2 N–H and O–H groups in total. The van der Waals surface area contributed by atoms with Gasteiger partial charge in [0.25, 0.3) is 0 Å². The first-order valence-electron chi connectivity index (χ1n) is 11.1. The molecular weight excluding hydrogens is 380 g/mol. The largest absolute Gasteiger partial charge is 0.459 e. The van der Waals surface area contributed by atoms with Crippen molar-refractivity contribution in [3.63, 3.8) is 0 Å². The van der Waals surface area contributed by atoms with Crippen molar-refractivity contribution < 1.29 is 24.5 Å². The molecule has 1 saturated carbocycles. The van der Waals surface area contributed by atoms with E-state index in [0.29, 0.717) is 19.3 Å². The van der Waals surface area contributed by atoms with Crippen molar-refractivity contribution in [2.75, 3.05) is 0 Å². The minimum Gasteiger partial charge on any atom is -0.459 e. The number of fused-ring (bicyclic) bond motifs is 1. The van der Waals surface area contributed by atoms with Crippen LogP contribution in [-0.2, 0) is 14.3 Å². The molecule has 1 heterocycles. The molecular formula is C25H38O5. The number of aliphatic hydroxyl groups is 2. The topological polar surface area (TPSA) is 83.8 Å². The Labute approximate surface area is 180 Å². The molecule has 8 unspecified atom stereocenters. The van der Waals surface area contributed by atoms with Gasteiger partial charge >= 0.3 is 5.97 Å². The monoisotopic (exact) mass is 418 g/mol. The lowest BCUT2D eigenvalue weighted by atomic mass is 9.58. The molecule has 1 aliphatic heterocycles. The number of carbonyl (C=O) groups is 2. The predicted octanol–water partition coefficient (Wildman–Crippen LogP) is 4.00. The van der Waals surface area contributed by atoms with Gasteiger partial charge in [-0.2, -0.15) is 0 Å². The third-order valence-corrected chi connectivity index (χ3v) is 6.90. The van der Waals surface area contributed by atoms with Crippen LogP contribution in [0.15, 0.2) is 36.5 Å². The molecule has 0 aromatic carbocycles. The van der Waals surface area contributed by atoms with E-state index in [0.717, 1.165) is 5.57 Å². The summed E-state index contributed by atoms with van der Waals surface area (Å²) >= 11 is 0. The quantitative estimate of drug-likeness (QED) is 0.497. The summed E-state index contributed by atoms with van der Waals surface area (Å²) in [5.41, 5.74) is 0.287. The number of allylic oxidation sites excluding steroid dienone is 3. The van der Waals surface area contributed by atoms with Gasteiger partial charge in [-0.1, -0.05) is 43.7 Å². The zero-order valence-electron chi connectivity index (χ0n) is 19.0. The van der Waals surface area contributed by atoms with Gasteiger partial charge in [-0.15, -0.1) is 6.58 Å². The standard InChI is InChI=1S/C22H32O5.C3H6/c1-12-9-14(3)22-11-16(18(24)10-13(2)21(22)26)5-6-17(22)7-8-19(25)27-20(12)15(4)23;1-3-2/h5-6,9,12-13,15-18,20,23-24H,7-8,10-11H2,1-4H3;3H,1H2,2H3/b14-9+;. The van der Waals surface area contributed by atoms with Crippen molar-refractivity contribution in [3.05, 3.63) is 36.5 Å². The van der Waals surface area contributed by atoms with Gasteiger partial charge in [-0.3, -0.25) is 9.59 Å². The third-order valence-electron chi connectivity index (χ3n) is 6.90. The second kappa shape index (κ2) is 10.1. The van der Waals surface area contributed by atoms with E-state index in [2.05, 4.69) is 6.58 Å². The van der Waals surface area contributed by atoms with Gasteiger partial charge < -0.3 is 14.9 Å². The van der Waals surface area contributed by atoms with Crippen LogP contribution in [0.4, 0.5) is 0 Å². The fraction of sp³-hybridized carbons (Fsp3) is 0.680. The van der Waals surface area contributed by atoms with Crippen LogP contribution >= 0.6 is 0 Å². The maximum atomic E-state index is 13.6. The van der Waals surface area contributed by atoms with Gasteiger partial charge in [0.15, 0.2) is 0 Å². The van der Waals surface area contributed by atoms with Gasteiger partial charge in [0.1, 0.15) is 11.9 Å². The first kappa shape index (κ1) is 24.5. The van der Waals surface area contributed by atoms with Crippen molar-refractivity contribution in [1.29, 1.82) is 0 Å². The van der Waals surface area contributed by atoms with Crippen LogP contribution in [0.25, 0.3) is 0 Å². The van der Waals surface area contributed by atoms with E-state index in [-0.39, 0.29) is 41.8 Å². The van der Waals surface area contributed by atoms with Crippen LogP contribution < -0.4 is 0 Å². The SMILES string of the molecule is C/C1=C\C(C)C(C(C)O)OC(=O)CCC2C=CC3CC12C(=O)C(C)CC3O.C=CC. The van der Waals surface area contributed by atoms with E-state index in [1.165, 1.54) is 0 Å². The summed E-state index contributed by atoms with van der Waals surface area (Å²) in [7, 11) is 0. The van der Waals surface area contributed by atoms with E-state index in [4.69, 9.17) is 4.74 Å². The highest BCUT2D eigenvalue weighted by atomic mass is 16.6. The van der Waals surface area contributed by atoms with Crippen LogP contribution in [0.5, 0.6) is 0 Å². The normalized spacial score (nSPS) is 41.6. The van der Waals surface area contributed by atoms with Crippen molar-refractivity contribution in [2.45, 2.75) is 78.6 Å². The molecule has 0 aromatic heterocycles. The van der Waals surface area contributed by atoms with Gasteiger partial charge in [-0.25, -0.2) is 0 Å². The number of Topliss-reactive ketones (excluding diaryl/α,β-unsaturated/α-hetero) is 1. The second-order valence-electron chi connectivity index (χ2n) is 9.25. The zero-order chi connectivity index (χ0) is 22.6. The maximum Gasteiger partial charge on any atom is 0.306 e. The highest BCUT2D eigenvalue weighted by Gasteiger charge is 2.53. The molecule has 3 aliphatic rings. The Hall–Kier alpha value is -1.72. The van der Waals surface area contributed by atoms with Gasteiger partial charge in [0.2, 0.25) is 0 Å². The fourth-order valence-corrected chi connectivity index (χ4v) is 5.42. The molecule has 5 heteroatoms. The Balaban J connectivity index is 0.00000101. The lowest BCUT2D eigenvalue weighted by Crippen LogP contribution is -2.45. The maximum absolute atomic E-state index is 13.6. The average Bonchev–Trinajstić information content (AvgIpc) is 2.75. The molecule has 2 aliphatic carbocycles. The molecule has 168 valence electrons. The average molecular weight is 419 g/mol. The summed E-state index contributed by atoms with van der Waals surface area (Å²) in [6.45, 7) is 12.7. The Kier molecular flexibility index (Phi) is 8.23. The zero-order valence-corrected chi connectivity index (χ0v) is 19.0. The van der Waals surface area contributed by atoms with Crippen molar-refractivity contribution in [2.24, 2.45) is 29.1 Å². The summed E-state index contributed by atoms with van der Waals surface area (Å²) in [4.78, 5) is 25.9. The van der Waals surface area contributed by atoms with Crippen molar-refractivity contribution in [3.8, 4) is 0 Å². The Morgan fingerprint density at radius 2 is 1.93 bits per heavy atom. The van der Waals surface area contributed by atoms with Gasteiger partial charge in [0.05, 0.1) is 17.6 Å². The molecule has 30 heavy (non-hydrogen) atoms.